The molecule has 27 heavy (non-hydrogen) atoms. The fraction of sp³-hybridized carbons (Fsp3) is 0.294. The first kappa shape index (κ1) is 19.9. The highest BCUT2D eigenvalue weighted by Gasteiger charge is 2.33. The van der Waals surface area contributed by atoms with E-state index in [0.717, 1.165) is 5.56 Å². The van der Waals surface area contributed by atoms with E-state index in [9.17, 15) is 22.9 Å². The number of hydrogen-bond donors (Lipinski definition) is 0. The zero-order valence-corrected chi connectivity index (χ0v) is 16.6. The maximum Gasteiger partial charge on any atom is 0.289 e. The van der Waals surface area contributed by atoms with Crippen molar-refractivity contribution in [1.29, 1.82) is 0 Å². The molecule has 1 heterocycles. The second-order valence-electron chi connectivity index (χ2n) is 6.15. The molecule has 1 saturated heterocycles. The Morgan fingerprint density at radius 1 is 1.11 bits per heavy atom. The van der Waals surface area contributed by atoms with Crippen molar-refractivity contribution in [2.45, 2.75) is 11.4 Å². The van der Waals surface area contributed by atoms with Gasteiger partial charge in [-0.2, -0.15) is 4.31 Å². The lowest BCUT2D eigenvalue weighted by atomic mass is 10.2. The second kappa shape index (κ2) is 8.01. The third-order valence-electron chi connectivity index (χ3n) is 4.40. The van der Waals surface area contributed by atoms with Crippen LogP contribution in [0.15, 0.2) is 51.8 Å². The number of hydrogen-bond acceptors (Lipinski definition) is 5. The van der Waals surface area contributed by atoms with E-state index in [-0.39, 0.29) is 23.8 Å². The van der Waals surface area contributed by atoms with E-state index in [4.69, 9.17) is 0 Å². The van der Waals surface area contributed by atoms with E-state index < -0.39 is 20.6 Å². The van der Waals surface area contributed by atoms with Crippen LogP contribution in [-0.2, 0) is 16.6 Å². The fourth-order valence-corrected chi connectivity index (χ4v) is 5.00. The Morgan fingerprint density at radius 3 is 2.41 bits per heavy atom. The van der Waals surface area contributed by atoms with E-state index in [1.807, 2.05) is 0 Å². The number of rotatable bonds is 5. The van der Waals surface area contributed by atoms with Crippen molar-refractivity contribution in [3.05, 3.63) is 68.4 Å². The molecule has 0 N–H and O–H groups in total. The van der Waals surface area contributed by atoms with E-state index in [2.05, 4.69) is 20.8 Å². The Morgan fingerprint density at radius 2 is 1.78 bits per heavy atom. The lowest BCUT2D eigenvalue weighted by Gasteiger charge is -2.33. The topological polar surface area (TPSA) is 83.8 Å². The van der Waals surface area contributed by atoms with Crippen molar-refractivity contribution >= 4 is 31.6 Å². The second-order valence-corrected chi connectivity index (χ2v) is 8.91. The van der Waals surface area contributed by atoms with Crippen LogP contribution in [0.4, 0.5) is 10.1 Å². The molecule has 3 rings (SSSR count). The number of para-hydroxylation sites is 1. The molecule has 7 nitrogen and oxygen atoms in total. The largest absolute Gasteiger partial charge is 0.296 e. The highest BCUT2D eigenvalue weighted by Crippen LogP contribution is 2.27. The van der Waals surface area contributed by atoms with Gasteiger partial charge in [0, 0.05) is 38.8 Å². The molecule has 0 unspecified atom stereocenters. The van der Waals surface area contributed by atoms with Gasteiger partial charge in [0.25, 0.3) is 5.69 Å². The Balaban J connectivity index is 1.70. The van der Waals surface area contributed by atoms with Gasteiger partial charge < -0.3 is 0 Å². The van der Waals surface area contributed by atoms with Crippen LogP contribution in [0.3, 0.4) is 0 Å². The summed E-state index contributed by atoms with van der Waals surface area (Å²) in [6.07, 6.45) is 0. The Labute approximate surface area is 164 Å². The van der Waals surface area contributed by atoms with Gasteiger partial charge in [0.05, 0.1) is 9.40 Å². The summed E-state index contributed by atoms with van der Waals surface area (Å²) in [6.45, 7) is 2.00. The van der Waals surface area contributed by atoms with Crippen LogP contribution >= 0.6 is 15.9 Å². The molecule has 10 heteroatoms. The SMILES string of the molecule is O=[N+]([O-])c1ccccc1S(=O)(=O)N1CCN(Cc2ccc(F)c(Br)c2)CC1. The average molecular weight is 458 g/mol. The molecule has 0 saturated carbocycles. The standard InChI is InChI=1S/C17H17BrFN3O4S/c18-14-11-13(5-6-15(14)19)12-20-7-9-21(10-8-20)27(25,26)17-4-2-1-3-16(17)22(23)24/h1-6,11H,7-10,12H2. The van der Waals surface area contributed by atoms with Gasteiger partial charge in [-0.3, -0.25) is 15.0 Å². The number of nitro groups is 1. The van der Waals surface area contributed by atoms with Crippen LogP contribution in [-0.4, -0.2) is 48.7 Å². The van der Waals surface area contributed by atoms with Crippen LogP contribution in [0.2, 0.25) is 0 Å². The average Bonchev–Trinajstić information content (AvgIpc) is 2.65. The first-order valence-corrected chi connectivity index (χ1v) is 10.4. The van der Waals surface area contributed by atoms with Gasteiger partial charge in [0.1, 0.15) is 5.82 Å². The molecule has 0 aromatic heterocycles. The molecule has 0 aliphatic carbocycles. The van der Waals surface area contributed by atoms with E-state index in [1.54, 1.807) is 12.1 Å². The number of nitro benzene ring substituents is 1. The van der Waals surface area contributed by atoms with Gasteiger partial charge >= 0.3 is 0 Å². The molecule has 1 aliphatic heterocycles. The van der Waals surface area contributed by atoms with Gasteiger partial charge in [-0.25, -0.2) is 12.8 Å². The number of benzene rings is 2. The molecule has 0 atom stereocenters. The maximum absolute atomic E-state index is 13.3. The fourth-order valence-electron chi connectivity index (χ4n) is 2.99. The molecule has 1 aliphatic rings. The van der Waals surface area contributed by atoms with Crippen molar-refractivity contribution in [1.82, 2.24) is 9.21 Å². The quantitative estimate of drug-likeness (QED) is 0.508. The lowest BCUT2D eigenvalue weighted by molar-refractivity contribution is -0.387. The Hall–Kier alpha value is -1.88. The number of nitrogens with zero attached hydrogens (tertiary/aromatic N) is 3. The summed E-state index contributed by atoms with van der Waals surface area (Å²) in [5.41, 5.74) is 0.495. The van der Waals surface area contributed by atoms with Crippen molar-refractivity contribution in [2.24, 2.45) is 0 Å². The van der Waals surface area contributed by atoms with E-state index in [0.29, 0.717) is 24.1 Å². The highest BCUT2D eigenvalue weighted by molar-refractivity contribution is 9.10. The minimum atomic E-state index is -3.94. The summed E-state index contributed by atoms with van der Waals surface area (Å²) in [6, 6.07) is 10.1. The summed E-state index contributed by atoms with van der Waals surface area (Å²) >= 11 is 3.15. The molecule has 1 fully saturated rings. The smallest absolute Gasteiger partial charge is 0.289 e. The van der Waals surface area contributed by atoms with Gasteiger partial charge in [-0.15, -0.1) is 0 Å². The van der Waals surface area contributed by atoms with Crippen LogP contribution in [0.25, 0.3) is 0 Å². The molecule has 2 aromatic rings. The molecule has 0 spiro atoms. The number of sulfonamides is 1. The van der Waals surface area contributed by atoms with Gasteiger partial charge in [-0.05, 0) is 39.7 Å². The third-order valence-corrected chi connectivity index (χ3v) is 6.95. The Kier molecular flexibility index (Phi) is 5.89. The van der Waals surface area contributed by atoms with Crippen LogP contribution in [0.1, 0.15) is 5.56 Å². The lowest BCUT2D eigenvalue weighted by Crippen LogP contribution is -2.48. The minimum absolute atomic E-state index is 0.233. The zero-order chi connectivity index (χ0) is 19.6. The van der Waals surface area contributed by atoms with Crippen molar-refractivity contribution in [3.8, 4) is 0 Å². The third kappa shape index (κ3) is 4.34. The molecule has 0 bridgehead atoms. The Bertz CT molecular complexity index is 962. The van der Waals surface area contributed by atoms with Gasteiger partial charge in [0.15, 0.2) is 4.90 Å². The van der Waals surface area contributed by atoms with Crippen molar-refractivity contribution < 1.29 is 17.7 Å². The zero-order valence-electron chi connectivity index (χ0n) is 14.2. The van der Waals surface area contributed by atoms with E-state index >= 15 is 0 Å². The van der Waals surface area contributed by atoms with E-state index in [1.165, 1.54) is 34.6 Å². The predicted molar refractivity (Wildman–Crippen MR) is 101 cm³/mol. The molecule has 0 radical (unpaired) electrons. The predicted octanol–water partition coefficient (Wildman–Crippen LogP) is 3.00. The monoisotopic (exact) mass is 457 g/mol. The van der Waals surface area contributed by atoms with Crippen LogP contribution in [0.5, 0.6) is 0 Å². The molecule has 0 amide bonds. The summed E-state index contributed by atoms with van der Waals surface area (Å²) in [4.78, 5) is 12.2. The van der Waals surface area contributed by atoms with Crippen LogP contribution in [0, 0.1) is 15.9 Å². The summed E-state index contributed by atoms with van der Waals surface area (Å²) in [7, 11) is -3.94. The van der Waals surface area contributed by atoms with Gasteiger partial charge in [-0.1, -0.05) is 18.2 Å². The van der Waals surface area contributed by atoms with Gasteiger partial charge in [0.2, 0.25) is 10.0 Å². The maximum atomic E-state index is 13.3. The summed E-state index contributed by atoms with van der Waals surface area (Å²) < 4.78 is 40.6. The molecular formula is C17H17BrFN3O4S. The molecule has 2 aromatic carbocycles. The summed E-state index contributed by atoms with van der Waals surface area (Å²) in [5.74, 6) is -0.334. The van der Waals surface area contributed by atoms with Crippen molar-refractivity contribution in [2.75, 3.05) is 26.2 Å². The van der Waals surface area contributed by atoms with Crippen molar-refractivity contribution in [3.63, 3.8) is 0 Å². The number of halogens is 2. The first-order chi connectivity index (χ1) is 12.8. The highest BCUT2D eigenvalue weighted by atomic mass is 79.9. The van der Waals surface area contributed by atoms with Crippen LogP contribution < -0.4 is 0 Å². The molecular weight excluding hydrogens is 441 g/mol. The summed E-state index contributed by atoms with van der Waals surface area (Å²) in [5, 5.41) is 11.1. The normalized spacial score (nSPS) is 16.4. The number of piperazine rings is 1. The molecule has 144 valence electrons. The first-order valence-electron chi connectivity index (χ1n) is 8.19. The minimum Gasteiger partial charge on any atom is -0.296 e.